The lowest BCUT2D eigenvalue weighted by Crippen LogP contribution is -2.26. The largest absolute Gasteiger partial charge is 0.508 e. The molecule has 1 aliphatic heterocycles. The molecule has 3 aromatic rings. The highest BCUT2D eigenvalue weighted by molar-refractivity contribution is 6.01. The van der Waals surface area contributed by atoms with Gasteiger partial charge in [0.2, 0.25) is 0 Å². The SMILES string of the molecule is CC(C)COc1ccc(C2CC(=O)C3=C(C2)Nc2ccccc2NC3c2ccc(O)cc2)cc1. The third-order valence-corrected chi connectivity index (χ3v) is 6.47. The first kappa shape index (κ1) is 22.1. The summed E-state index contributed by atoms with van der Waals surface area (Å²) in [7, 11) is 0. The number of phenolic OH excluding ortho intramolecular Hbond substituents is 1. The van der Waals surface area contributed by atoms with E-state index in [0.29, 0.717) is 18.9 Å². The van der Waals surface area contributed by atoms with Crippen LogP contribution in [0.3, 0.4) is 0 Å². The molecule has 2 unspecified atom stereocenters. The number of ketones is 1. The van der Waals surface area contributed by atoms with Gasteiger partial charge >= 0.3 is 0 Å². The second kappa shape index (κ2) is 9.26. The Morgan fingerprint density at radius 2 is 1.59 bits per heavy atom. The average molecular weight is 455 g/mol. The Hall–Kier alpha value is -3.73. The van der Waals surface area contributed by atoms with Crippen LogP contribution in [0.5, 0.6) is 11.5 Å². The Labute approximate surface area is 200 Å². The van der Waals surface area contributed by atoms with E-state index in [0.717, 1.165) is 45.9 Å². The molecule has 5 nitrogen and oxygen atoms in total. The Balaban J connectivity index is 1.48. The second-order valence-electron chi connectivity index (χ2n) is 9.53. The van der Waals surface area contributed by atoms with Crippen LogP contribution >= 0.6 is 0 Å². The van der Waals surface area contributed by atoms with Crippen LogP contribution < -0.4 is 15.4 Å². The molecule has 0 radical (unpaired) electrons. The Kier molecular flexibility index (Phi) is 6.01. The van der Waals surface area contributed by atoms with Crippen LogP contribution in [0.15, 0.2) is 84.1 Å². The van der Waals surface area contributed by atoms with E-state index in [1.807, 2.05) is 48.5 Å². The quantitative estimate of drug-likeness (QED) is 0.416. The molecule has 3 aromatic carbocycles. The summed E-state index contributed by atoms with van der Waals surface area (Å²) in [6, 6.07) is 23.0. The highest BCUT2D eigenvalue weighted by atomic mass is 16.5. The Morgan fingerprint density at radius 3 is 2.29 bits per heavy atom. The first-order valence-electron chi connectivity index (χ1n) is 11.9. The van der Waals surface area contributed by atoms with E-state index in [1.165, 1.54) is 0 Å². The van der Waals surface area contributed by atoms with Crippen molar-refractivity contribution in [2.45, 2.75) is 38.6 Å². The number of rotatable bonds is 5. The van der Waals surface area contributed by atoms with Gasteiger partial charge in [-0.3, -0.25) is 4.79 Å². The Bertz CT molecular complexity index is 1210. The number of Topliss-reactive ketones (excluding diaryl/α,β-unsaturated/α-hetero) is 1. The van der Waals surface area contributed by atoms with Crippen LogP contribution in [0.4, 0.5) is 11.4 Å². The lowest BCUT2D eigenvalue weighted by molar-refractivity contribution is -0.116. The predicted molar refractivity (Wildman–Crippen MR) is 135 cm³/mol. The maximum absolute atomic E-state index is 13.6. The third kappa shape index (κ3) is 4.51. The number of para-hydroxylation sites is 2. The molecule has 5 heteroatoms. The number of anilines is 2. The summed E-state index contributed by atoms with van der Waals surface area (Å²) in [5, 5.41) is 16.9. The van der Waals surface area contributed by atoms with E-state index in [-0.39, 0.29) is 23.5 Å². The minimum Gasteiger partial charge on any atom is -0.508 e. The summed E-state index contributed by atoms with van der Waals surface area (Å²) in [6.45, 7) is 4.95. The zero-order valence-corrected chi connectivity index (χ0v) is 19.5. The molecule has 0 saturated heterocycles. The molecule has 0 spiro atoms. The van der Waals surface area contributed by atoms with Crippen molar-refractivity contribution < 1.29 is 14.6 Å². The van der Waals surface area contributed by atoms with E-state index in [2.05, 4.69) is 36.6 Å². The zero-order valence-electron chi connectivity index (χ0n) is 19.5. The maximum atomic E-state index is 13.6. The van der Waals surface area contributed by atoms with Crippen molar-refractivity contribution >= 4 is 17.2 Å². The zero-order chi connectivity index (χ0) is 23.7. The minimum atomic E-state index is -0.285. The van der Waals surface area contributed by atoms with Gasteiger partial charge < -0.3 is 20.5 Å². The number of ether oxygens (including phenoxy) is 1. The molecular weight excluding hydrogens is 424 g/mol. The first-order chi connectivity index (χ1) is 16.5. The maximum Gasteiger partial charge on any atom is 0.163 e. The molecule has 0 fully saturated rings. The predicted octanol–water partition coefficient (Wildman–Crippen LogP) is 6.41. The van der Waals surface area contributed by atoms with Crippen LogP contribution in [0.25, 0.3) is 0 Å². The molecule has 0 aromatic heterocycles. The minimum absolute atomic E-state index is 0.101. The lowest BCUT2D eigenvalue weighted by Gasteiger charge is -2.30. The van der Waals surface area contributed by atoms with E-state index in [4.69, 9.17) is 4.74 Å². The normalized spacial score (nSPS) is 19.6. The topological polar surface area (TPSA) is 70.6 Å². The summed E-state index contributed by atoms with van der Waals surface area (Å²) >= 11 is 0. The molecule has 2 atom stereocenters. The number of hydrogen-bond acceptors (Lipinski definition) is 5. The number of nitrogens with one attached hydrogen (secondary N) is 2. The molecule has 0 bridgehead atoms. The number of allylic oxidation sites excluding steroid dienone is 1. The molecule has 0 amide bonds. The summed E-state index contributed by atoms with van der Waals surface area (Å²) in [6.07, 6.45) is 1.21. The molecule has 1 aliphatic carbocycles. The third-order valence-electron chi connectivity index (χ3n) is 6.47. The van der Waals surface area contributed by atoms with Gasteiger partial charge in [-0.2, -0.15) is 0 Å². The number of carbonyl (C=O) groups excluding carboxylic acids is 1. The molecule has 34 heavy (non-hydrogen) atoms. The van der Waals surface area contributed by atoms with Crippen molar-refractivity contribution in [2.24, 2.45) is 5.92 Å². The van der Waals surface area contributed by atoms with Crippen molar-refractivity contribution in [1.82, 2.24) is 0 Å². The van der Waals surface area contributed by atoms with Gasteiger partial charge in [-0.05, 0) is 65.8 Å². The first-order valence-corrected chi connectivity index (χ1v) is 11.9. The molecule has 0 saturated carbocycles. The van der Waals surface area contributed by atoms with Gasteiger partial charge in [0.05, 0.1) is 24.0 Å². The van der Waals surface area contributed by atoms with Crippen molar-refractivity contribution in [3.8, 4) is 11.5 Å². The van der Waals surface area contributed by atoms with E-state index in [1.54, 1.807) is 12.1 Å². The molecule has 3 N–H and O–H groups in total. The second-order valence-corrected chi connectivity index (χ2v) is 9.53. The molecule has 5 rings (SSSR count). The van der Waals surface area contributed by atoms with Gasteiger partial charge in [0.1, 0.15) is 11.5 Å². The molecule has 1 heterocycles. The fraction of sp³-hybridized carbons (Fsp3) is 0.276. The smallest absolute Gasteiger partial charge is 0.163 e. The van der Waals surface area contributed by atoms with Crippen molar-refractivity contribution in [3.63, 3.8) is 0 Å². The van der Waals surface area contributed by atoms with Crippen LogP contribution in [0.2, 0.25) is 0 Å². The Morgan fingerprint density at radius 1 is 0.912 bits per heavy atom. The van der Waals surface area contributed by atoms with Crippen LogP contribution in [-0.4, -0.2) is 17.5 Å². The van der Waals surface area contributed by atoms with Gasteiger partial charge in [-0.1, -0.05) is 50.2 Å². The van der Waals surface area contributed by atoms with Gasteiger partial charge in [-0.25, -0.2) is 0 Å². The van der Waals surface area contributed by atoms with Crippen molar-refractivity contribution in [2.75, 3.05) is 17.2 Å². The van der Waals surface area contributed by atoms with Gasteiger partial charge in [0.15, 0.2) is 5.78 Å². The monoisotopic (exact) mass is 454 g/mol. The van der Waals surface area contributed by atoms with E-state index in [9.17, 15) is 9.90 Å². The number of phenols is 1. The highest BCUT2D eigenvalue weighted by Crippen LogP contribution is 2.44. The summed E-state index contributed by atoms with van der Waals surface area (Å²) in [4.78, 5) is 13.6. The van der Waals surface area contributed by atoms with Crippen LogP contribution in [-0.2, 0) is 4.79 Å². The highest BCUT2D eigenvalue weighted by Gasteiger charge is 2.36. The number of aromatic hydroxyl groups is 1. The summed E-state index contributed by atoms with van der Waals surface area (Å²) in [5.41, 5.74) is 5.73. The van der Waals surface area contributed by atoms with Gasteiger partial charge in [0, 0.05) is 17.7 Å². The fourth-order valence-corrected chi connectivity index (χ4v) is 4.74. The average Bonchev–Trinajstić information content (AvgIpc) is 3.00. The summed E-state index contributed by atoms with van der Waals surface area (Å²) < 4.78 is 5.83. The molecular formula is C29H30N2O3. The number of fused-ring (bicyclic) bond motifs is 1. The molecule has 174 valence electrons. The number of hydrogen-bond donors (Lipinski definition) is 3. The van der Waals surface area contributed by atoms with E-state index >= 15 is 0 Å². The lowest BCUT2D eigenvalue weighted by atomic mass is 9.78. The van der Waals surface area contributed by atoms with Crippen LogP contribution in [0.1, 0.15) is 49.8 Å². The fourth-order valence-electron chi connectivity index (χ4n) is 4.74. The van der Waals surface area contributed by atoms with Crippen LogP contribution in [0, 0.1) is 5.92 Å². The summed E-state index contributed by atoms with van der Waals surface area (Å²) in [5.74, 6) is 1.78. The van der Waals surface area contributed by atoms with Crippen molar-refractivity contribution in [3.05, 3.63) is 95.2 Å². The number of carbonyl (C=O) groups is 1. The standard InChI is InChI=1S/C29H30N2O3/c1-18(2)17-34-23-13-9-19(10-14-23)21-15-26-28(27(33)16-21)29(20-7-11-22(32)12-8-20)31-25-6-4-3-5-24(25)30-26/h3-14,18,21,29-32H,15-17H2,1-2H3. The van der Waals surface area contributed by atoms with Gasteiger partial charge in [-0.15, -0.1) is 0 Å². The van der Waals surface area contributed by atoms with Crippen molar-refractivity contribution in [1.29, 1.82) is 0 Å². The van der Waals surface area contributed by atoms with E-state index < -0.39 is 0 Å². The number of benzene rings is 3. The molecule has 2 aliphatic rings. The van der Waals surface area contributed by atoms with Gasteiger partial charge in [0.25, 0.3) is 0 Å².